The molecule has 0 atom stereocenters. The number of carbonyl (C=O) groups is 1. The number of esters is 1. The Kier molecular flexibility index (Phi) is 2.41. The standard InChI is InChI=1S/C14H10N2O2/c1-18-14(17)11-7-10-6-9-4-2-3-5-12(9)16-13(10)15-8-11/h2-8H,1H3. The van der Waals surface area contributed by atoms with E-state index in [1.54, 1.807) is 6.07 Å². The highest BCUT2D eigenvalue weighted by molar-refractivity contribution is 5.96. The third-order valence-corrected chi connectivity index (χ3v) is 2.79. The quantitative estimate of drug-likeness (QED) is 0.483. The fraction of sp³-hybridized carbons (Fsp3) is 0.0714. The van der Waals surface area contributed by atoms with Gasteiger partial charge in [0, 0.05) is 17.0 Å². The lowest BCUT2D eigenvalue weighted by Gasteiger charge is -2.03. The number of pyridine rings is 2. The molecule has 0 spiro atoms. The summed E-state index contributed by atoms with van der Waals surface area (Å²) in [6, 6.07) is 11.5. The van der Waals surface area contributed by atoms with Crippen LogP contribution in [0.5, 0.6) is 0 Å². The molecule has 3 rings (SSSR count). The highest BCUT2D eigenvalue weighted by Crippen LogP contribution is 2.19. The Hall–Kier alpha value is -2.49. The van der Waals surface area contributed by atoms with Crippen LogP contribution in [-0.4, -0.2) is 23.0 Å². The first-order valence-corrected chi connectivity index (χ1v) is 5.52. The van der Waals surface area contributed by atoms with Gasteiger partial charge in [0.2, 0.25) is 0 Å². The summed E-state index contributed by atoms with van der Waals surface area (Å²) < 4.78 is 4.67. The van der Waals surface area contributed by atoms with Crippen LogP contribution in [0.1, 0.15) is 10.4 Å². The van der Waals surface area contributed by atoms with Crippen LogP contribution in [0, 0.1) is 0 Å². The van der Waals surface area contributed by atoms with Gasteiger partial charge in [-0.15, -0.1) is 0 Å². The molecule has 0 N–H and O–H groups in total. The molecule has 0 bridgehead atoms. The molecular formula is C14H10N2O2. The minimum Gasteiger partial charge on any atom is -0.465 e. The van der Waals surface area contributed by atoms with E-state index in [0.717, 1.165) is 16.3 Å². The Morgan fingerprint density at radius 2 is 2.00 bits per heavy atom. The number of ether oxygens (including phenoxy) is 1. The van der Waals surface area contributed by atoms with Crippen molar-refractivity contribution in [3.8, 4) is 0 Å². The lowest BCUT2D eigenvalue weighted by Crippen LogP contribution is -2.02. The molecule has 4 nitrogen and oxygen atoms in total. The van der Waals surface area contributed by atoms with Gasteiger partial charge in [0.15, 0.2) is 5.65 Å². The maximum atomic E-state index is 11.4. The number of methoxy groups -OCH3 is 1. The van der Waals surface area contributed by atoms with Crippen molar-refractivity contribution < 1.29 is 9.53 Å². The van der Waals surface area contributed by atoms with Gasteiger partial charge < -0.3 is 4.74 Å². The summed E-state index contributed by atoms with van der Waals surface area (Å²) >= 11 is 0. The monoisotopic (exact) mass is 238 g/mol. The number of rotatable bonds is 1. The zero-order valence-electron chi connectivity index (χ0n) is 9.75. The van der Waals surface area contributed by atoms with Gasteiger partial charge in [-0.25, -0.2) is 14.8 Å². The third kappa shape index (κ3) is 1.68. The predicted molar refractivity (Wildman–Crippen MR) is 68.4 cm³/mol. The van der Waals surface area contributed by atoms with Crippen molar-refractivity contribution in [3.63, 3.8) is 0 Å². The molecule has 0 saturated carbocycles. The average Bonchev–Trinajstić information content (AvgIpc) is 2.43. The molecule has 0 aliphatic carbocycles. The number of benzene rings is 1. The van der Waals surface area contributed by atoms with Crippen molar-refractivity contribution in [2.24, 2.45) is 0 Å². The van der Waals surface area contributed by atoms with Crippen LogP contribution in [0.4, 0.5) is 0 Å². The molecule has 18 heavy (non-hydrogen) atoms. The van der Waals surface area contributed by atoms with Crippen molar-refractivity contribution in [2.75, 3.05) is 7.11 Å². The SMILES string of the molecule is COC(=O)c1cnc2nc3ccccc3cc2c1. The minimum atomic E-state index is -0.391. The summed E-state index contributed by atoms with van der Waals surface area (Å²) in [6.07, 6.45) is 1.48. The van der Waals surface area contributed by atoms with E-state index in [0.29, 0.717) is 11.2 Å². The number of fused-ring (bicyclic) bond motifs is 2. The van der Waals surface area contributed by atoms with Crippen LogP contribution >= 0.6 is 0 Å². The second-order valence-electron chi connectivity index (χ2n) is 3.94. The molecule has 0 radical (unpaired) electrons. The molecule has 2 aromatic heterocycles. The first-order chi connectivity index (χ1) is 8.78. The first-order valence-electron chi connectivity index (χ1n) is 5.52. The van der Waals surface area contributed by atoms with Crippen molar-refractivity contribution >= 4 is 27.9 Å². The Morgan fingerprint density at radius 3 is 2.83 bits per heavy atom. The summed E-state index contributed by atoms with van der Waals surface area (Å²) in [6.45, 7) is 0. The lowest BCUT2D eigenvalue weighted by atomic mass is 10.1. The molecule has 0 amide bonds. The van der Waals surface area contributed by atoms with Crippen LogP contribution in [-0.2, 0) is 4.74 Å². The van der Waals surface area contributed by atoms with E-state index in [4.69, 9.17) is 0 Å². The Morgan fingerprint density at radius 1 is 1.17 bits per heavy atom. The van der Waals surface area contributed by atoms with Crippen molar-refractivity contribution in [2.45, 2.75) is 0 Å². The topological polar surface area (TPSA) is 52.1 Å². The molecule has 0 unspecified atom stereocenters. The van der Waals surface area contributed by atoms with E-state index in [-0.39, 0.29) is 0 Å². The van der Waals surface area contributed by atoms with Gasteiger partial charge in [0.1, 0.15) is 0 Å². The summed E-state index contributed by atoms with van der Waals surface area (Å²) in [5, 5.41) is 1.85. The Balaban J connectivity index is 2.27. The zero-order valence-corrected chi connectivity index (χ0v) is 9.75. The van der Waals surface area contributed by atoms with Crippen LogP contribution < -0.4 is 0 Å². The number of hydrogen-bond donors (Lipinski definition) is 0. The van der Waals surface area contributed by atoms with Crippen LogP contribution in [0.25, 0.3) is 21.9 Å². The lowest BCUT2D eigenvalue weighted by molar-refractivity contribution is 0.0600. The molecule has 0 saturated heterocycles. The van der Waals surface area contributed by atoms with E-state index in [9.17, 15) is 4.79 Å². The maximum Gasteiger partial charge on any atom is 0.339 e. The van der Waals surface area contributed by atoms with E-state index >= 15 is 0 Å². The van der Waals surface area contributed by atoms with Gasteiger partial charge in [-0.1, -0.05) is 18.2 Å². The van der Waals surface area contributed by atoms with Gasteiger partial charge in [0.25, 0.3) is 0 Å². The third-order valence-electron chi connectivity index (χ3n) is 2.79. The normalized spacial score (nSPS) is 10.7. The van der Waals surface area contributed by atoms with Crippen molar-refractivity contribution in [3.05, 3.63) is 48.2 Å². The second-order valence-corrected chi connectivity index (χ2v) is 3.94. The number of nitrogens with zero attached hydrogens (tertiary/aromatic N) is 2. The first kappa shape index (κ1) is 10.7. The second kappa shape index (κ2) is 4.07. The summed E-state index contributed by atoms with van der Waals surface area (Å²) in [7, 11) is 1.35. The largest absolute Gasteiger partial charge is 0.465 e. The number of aromatic nitrogens is 2. The smallest absolute Gasteiger partial charge is 0.339 e. The average molecular weight is 238 g/mol. The van der Waals surface area contributed by atoms with E-state index < -0.39 is 5.97 Å². The number of carbonyl (C=O) groups excluding carboxylic acids is 1. The Labute approximate surface area is 103 Å². The zero-order chi connectivity index (χ0) is 12.5. The fourth-order valence-electron chi connectivity index (χ4n) is 1.90. The number of para-hydroxylation sites is 1. The summed E-state index contributed by atoms with van der Waals surface area (Å²) in [4.78, 5) is 20.1. The molecule has 1 aromatic carbocycles. The highest BCUT2D eigenvalue weighted by Gasteiger charge is 2.08. The Bertz CT molecular complexity index is 753. The van der Waals surface area contributed by atoms with Crippen LogP contribution in [0.15, 0.2) is 42.6 Å². The highest BCUT2D eigenvalue weighted by atomic mass is 16.5. The molecule has 3 aromatic rings. The summed E-state index contributed by atoms with van der Waals surface area (Å²) in [5.74, 6) is -0.391. The van der Waals surface area contributed by atoms with Crippen LogP contribution in [0.3, 0.4) is 0 Å². The van der Waals surface area contributed by atoms with Gasteiger partial charge in [-0.3, -0.25) is 0 Å². The predicted octanol–water partition coefficient (Wildman–Crippen LogP) is 2.57. The molecule has 0 fully saturated rings. The molecule has 0 aliphatic heterocycles. The van der Waals surface area contributed by atoms with Crippen LogP contribution in [0.2, 0.25) is 0 Å². The maximum absolute atomic E-state index is 11.4. The van der Waals surface area contributed by atoms with Gasteiger partial charge in [-0.2, -0.15) is 0 Å². The molecule has 88 valence electrons. The van der Waals surface area contributed by atoms with Crippen molar-refractivity contribution in [1.82, 2.24) is 9.97 Å². The minimum absolute atomic E-state index is 0.391. The van der Waals surface area contributed by atoms with E-state index in [2.05, 4.69) is 14.7 Å². The van der Waals surface area contributed by atoms with E-state index in [1.165, 1.54) is 13.3 Å². The summed E-state index contributed by atoms with van der Waals surface area (Å²) in [5.41, 5.74) is 1.95. The van der Waals surface area contributed by atoms with Gasteiger partial charge in [-0.05, 0) is 18.2 Å². The van der Waals surface area contributed by atoms with Crippen molar-refractivity contribution in [1.29, 1.82) is 0 Å². The number of hydrogen-bond acceptors (Lipinski definition) is 4. The molecular weight excluding hydrogens is 228 g/mol. The molecule has 0 aliphatic rings. The fourth-order valence-corrected chi connectivity index (χ4v) is 1.90. The van der Waals surface area contributed by atoms with Gasteiger partial charge in [0.05, 0.1) is 18.2 Å². The molecule has 4 heteroatoms. The van der Waals surface area contributed by atoms with E-state index in [1.807, 2.05) is 30.3 Å². The van der Waals surface area contributed by atoms with Gasteiger partial charge >= 0.3 is 5.97 Å². The molecule has 2 heterocycles.